The molecule has 0 spiro atoms. The Hall–Kier alpha value is -1.59. The van der Waals surface area contributed by atoms with E-state index in [1.165, 1.54) is 0 Å². The predicted octanol–water partition coefficient (Wildman–Crippen LogP) is 1.30. The summed E-state index contributed by atoms with van der Waals surface area (Å²) >= 11 is 0. The summed E-state index contributed by atoms with van der Waals surface area (Å²) < 4.78 is 0. The summed E-state index contributed by atoms with van der Waals surface area (Å²) in [7, 11) is 0. The molecular weight excluding hydrogens is 260 g/mol. The highest BCUT2D eigenvalue weighted by Crippen LogP contribution is 2.24. The Balaban J connectivity index is 3.94. The van der Waals surface area contributed by atoms with Crippen molar-refractivity contribution in [2.75, 3.05) is 6.54 Å². The summed E-state index contributed by atoms with van der Waals surface area (Å²) in [4.78, 5) is 33.8. The maximum Gasteiger partial charge on any atom is 0.303 e. The minimum absolute atomic E-state index is 0.0606. The number of carboxylic acids is 1. The van der Waals surface area contributed by atoms with E-state index in [4.69, 9.17) is 5.11 Å². The van der Waals surface area contributed by atoms with Crippen molar-refractivity contribution >= 4 is 17.8 Å². The second-order valence-electron chi connectivity index (χ2n) is 5.89. The number of nitrogens with one attached hydrogen (secondary N) is 2. The van der Waals surface area contributed by atoms with E-state index in [9.17, 15) is 14.4 Å². The molecule has 0 fully saturated rings. The van der Waals surface area contributed by atoms with Crippen LogP contribution < -0.4 is 10.6 Å². The Labute approximate surface area is 120 Å². The topological polar surface area (TPSA) is 95.5 Å². The zero-order valence-corrected chi connectivity index (χ0v) is 12.8. The van der Waals surface area contributed by atoms with Gasteiger partial charge >= 0.3 is 5.97 Å². The van der Waals surface area contributed by atoms with Crippen LogP contribution in [0, 0.1) is 5.41 Å². The Morgan fingerprint density at radius 1 is 1.15 bits per heavy atom. The molecule has 6 nitrogen and oxygen atoms in total. The number of hydrogen-bond donors (Lipinski definition) is 3. The zero-order valence-electron chi connectivity index (χ0n) is 12.8. The molecule has 0 bridgehead atoms. The van der Waals surface area contributed by atoms with Crippen LogP contribution >= 0.6 is 0 Å². The molecule has 116 valence electrons. The molecule has 2 amide bonds. The fraction of sp³-hybridized carbons (Fsp3) is 0.786. The van der Waals surface area contributed by atoms with Crippen molar-refractivity contribution in [3.8, 4) is 0 Å². The van der Waals surface area contributed by atoms with E-state index in [2.05, 4.69) is 10.6 Å². The van der Waals surface area contributed by atoms with Gasteiger partial charge in [0.05, 0.1) is 6.42 Å². The van der Waals surface area contributed by atoms with Crippen molar-refractivity contribution in [3.63, 3.8) is 0 Å². The number of aliphatic carboxylic acids is 1. The first-order valence-electron chi connectivity index (χ1n) is 6.94. The average molecular weight is 286 g/mol. The average Bonchev–Trinajstić information content (AvgIpc) is 2.25. The third-order valence-electron chi connectivity index (χ3n) is 2.96. The van der Waals surface area contributed by atoms with Gasteiger partial charge in [0, 0.05) is 25.4 Å². The van der Waals surface area contributed by atoms with Gasteiger partial charge in [0.1, 0.15) is 0 Å². The second kappa shape index (κ2) is 8.55. The fourth-order valence-electron chi connectivity index (χ4n) is 1.73. The summed E-state index contributed by atoms with van der Waals surface area (Å²) in [6, 6.07) is 0.132. The molecule has 0 aliphatic carbocycles. The van der Waals surface area contributed by atoms with Gasteiger partial charge in [-0.1, -0.05) is 20.8 Å². The summed E-state index contributed by atoms with van der Waals surface area (Å²) in [5.41, 5.74) is -0.588. The first-order chi connectivity index (χ1) is 9.16. The third kappa shape index (κ3) is 9.35. The van der Waals surface area contributed by atoms with E-state index in [0.717, 1.165) is 6.42 Å². The Bertz CT molecular complexity index is 353. The van der Waals surface area contributed by atoms with Gasteiger partial charge in [0.2, 0.25) is 11.8 Å². The lowest BCUT2D eigenvalue weighted by molar-refractivity contribution is -0.139. The van der Waals surface area contributed by atoms with Gasteiger partial charge in [-0.25, -0.2) is 0 Å². The molecule has 1 unspecified atom stereocenters. The highest BCUT2D eigenvalue weighted by atomic mass is 16.4. The molecule has 20 heavy (non-hydrogen) atoms. The number of rotatable bonds is 9. The van der Waals surface area contributed by atoms with E-state index in [1.807, 2.05) is 13.8 Å². The van der Waals surface area contributed by atoms with Gasteiger partial charge in [-0.15, -0.1) is 0 Å². The first-order valence-corrected chi connectivity index (χ1v) is 6.94. The molecule has 0 aromatic heterocycles. The number of carbonyl (C=O) groups is 3. The number of carbonyl (C=O) groups excluding carboxylic acids is 2. The van der Waals surface area contributed by atoms with Crippen LogP contribution in [0.5, 0.6) is 0 Å². The summed E-state index contributed by atoms with van der Waals surface area (Å²) in [6.45, 7) is 7.64. The predicted molar refractivity (Wildman–Crippen MR) is 76.2 cm³/mol. The Morgan fingerprint density at radius 3 is 2.25 bits per heavy atom. The van der Waals surface area contributed by atoms with Gasteiger partial charge < -0.3 is 15.7 Å². The van der Waals surface area contributed by atoms with Crippen molar-refractivity contribution in [2.24, 2.45) is 5.41 Å². The SMILES string of the molecule is CCC(C)NC(=O)CCNC(=O)CC(C)(C)CC(=O)O. The van der Waals surface area contributed by atoms with E-state index >= 15 is 0 Å². The fourth-order valence-corrected chi connectivity index (χ4v) is 1.73. The van der Waals surface area contributed by atoms with Crippen LogP contribution in [-0.2, 0) is 14.4 Å². The van der Waals surface area contributed by atoms with Crippen LogP contribution in [-0.4, -0.2) is 35.5 Å². The zero-order chi connectivity index (χ0) is 15.8. The Morgan fingerprint density at radius 2 is 1.75 bits per heavy atom. The third-order valence-corrected chi connectivity index (χ3v) is 2.96. The molecule has 0 saturated heterocycles. The largest absolute Gasteiger partial charge is 0.481 e. The van der Waals surface area contributed by atoms with Gasteiger partial charge in [-0.3, -0.25) is 14.4 Å². The number of amides is 2. The molecule has 0 radical (unpaired) electrons. The molecule has 0 saturated carbocycles. The van der Waals surface area contributed by atoms with Crippen LogP contribution in [0.3, 0.4) is 0 Å². The van der Waals surface area contributed by atoms with Crippen molar-refractivity contribution in [2.45, 2.75) is 59.4 Å². The summed E-state index contributed by atoms with van der Waals surface area (Å²) in [6.07, 6.45) is 1.16. The highest BCUT2D eigenvalue weighted by Gasteiger charge is 2.25. The minimum Gasteiger partial charge on any atom is -0.481 e. The molecular formula is C14H26N2O4. The smallest absolute Gasteiger partial charge is 0.303 e. The van der Waals surface area contributed by atoms with Crippen molar-refractivity contribution < 1.29 is 19.5 Å². The standard InChI is InChI=1S/C14H26N2O4/c1-5-10(2)16-11(17)6-7-15-12(18)8-14(3,4)9-13(19)20/h10H,5-9H2,1-4H3,(H,15,18)(H,16,17)(H,19,20). The second-order valence-corrected chi connectivity index (χ2v) is 5.89. The summed E-state index contributed by atoms with van der Waals surface area (Å²) in [5.74, 6) is -1.24. The number of carboxylic acid groups (broad SMARTS) is 1. The Kier molecular flexibility index (Phi) is 7.87. The van der Waals surface area contributed by atoms with Crippen LogP contribution in [0.4, 0.5) is 0 Å². The van der Waals surface area contributed by atoms with Gasteiger partial charge in [-0.2, -0.15) is 0 Å². The quantitative estimate of drug-likeness (QED) is 0.595. The van der Waals surface area contributed by atoms with Crippen LogP contribution in [0.2, 0.25) is 0 Å². The number of hydrogen-bond acceptors (Lipinski definition) is 3. The van der Waals surface area contributed by atoms with E-state index < -0.39 is 11.4 Å². The van der Waals surface area contributed by atoms with Gasteiger partial charge in [0.15, 0.2) is 0 Å². The van der Waals surface area contributed by atoms with Gasteiger partial charge in [0.25, 0.3) is 0 Å². The lowest BCUT2D eigenvalue weighted by Crippen LogP contribution is -2.36. The molecule has 0 rings (SSSR count). The molecule has 0 aliphatic heterocycles. The van der Waals surface area contributed by atoms with Crippen molar-refractivity contribution in [1.29, 1.82) is 0 Å². The van der Waals surface area contributed by atoms with Crippen molar-refractivity contribution in [3.05, 3.63) is 0 Å². The van der Waals surface area contributed by atoms with Crippen LogP contribution in [0.1, 0.15) is 53.4 Å². The summed E-state index contributed by atoms with van der Waals surface area (Å²) in [5, 5.41) is 14.2. The van der Waals surface area contributed by atoms with E-state index in [0.29, 0.717) is 0 Å². The molecule has 0 heterocycles. The van der Waals surface area contributed by atoms with Gasteiger partial charge in [-0.05, 0) is 18.8 Å². The maximum atomic E-state index is 11.7. The monoisotopic (exact) mass is 286 g/mol. The molecule has 0 aliphatic rings. The van der Waals surface area contributed by atoms with Crippen LogP contribution in [0.25, 0.3) is 0 Å². The molecule has 1 atom stereocenters. The highest BCUT2D eigenvalue weighted by molar-refractivity contribution is 5.80. The minimum atomic E-state index is -0.921. The van der Waals surface area contributed by atoms with E-state index in [1.54, 1.807) is 13.8 Å². The van der Waals surface area contributed by atoms with Crippen molar-refractivity contribution in [1.82, 2.24) is 10.6 Å². The molecule has 0 aromatic carbocycles. The molecule has 3 N–H and O–H groups in total. The molecule has 6 heteroatoms. The first kappa shape index (κ1) is 18.4. The van der Waals surface area contributed by atoms with Crippen LogP contribution in [0.15, 0.2) is 0 Å². The molecule has 0 aromatic rings. The normalized spacial score (nSPS) is 12.6. The lowest BCUT2D eigenvalue weighted by atomic mass is 9.85. The maximum absolute atomic E-state index is 11.7. The van der Waals surface area contributed by atoms with E-state index in [-0.39, 0.29) is 43.7 Å². The lowest BCUT2D eigenvalue weighted by Gasteiger charge is -2.21.